The van der Waals surface area contributed by atoms with E-state index in [1.165, 1.54) is 6.07 Å². The van der Waals surface area contributed by atoms with E-state index < -0.39 is 29.4 Å². The van der Waals surface area contributed by atoms with E-state index in [0.29, 0.717) is 24.4 Å². The van der Waals surface area contributed by atoms with Crippen LogP contribution in [0.1, 0.15) is 50.0 Å². The smallest absolute Gasteiger partial charge is 0.407 e. The maximum atomic E-state index is 13.9. The van der Waals surface area contributed by atoms with Gasteiger partial charge < -0.3 is 19.5 Å². The molecule has 0 saturated heterocycles. The van der Waals surface area contributed by atoms with Gasteiger partial charge in [-0.25, -0.2) is 13.6 Å². The second-order valence-corrected chi connectivity index (χ2v) is 10.6. The maximum Gasteiger partial charge on any atom is 0.407 e. The SMILES string of the molecule is Cc1nnc2n1CC(Cc1ccccc1)N(C(=O)C[C@@H](Cc1ccc(F)c(F)c1)NC(=O)OC(C)(C)C)C2. The summed E-state index contributed by atoms with van der Waals surface area (Å²) < 4.78 is 34.8. The van der Waals surface area contributed by atoms with Crippen LogP contribution in [-0.2, 0) is 35.5 Å². The number of halogens is 2. The molecule has 2 aromatic carbocycles. The minimum Gasteiger partial charge on any atom is -0.444 e. The highest BCUT2D eigenvalue weighted by Crippen LogP contribution is 2.23. The van der Waals surface area contributed by atoms with Crippen molar-refractivity contribution in [3.05, 3.63) is 82.9 Å². The number of fused-ring (bicyclic) bond motifs is 1. The molecule has 0 aliphatic carbocycles. The molecular formula is C28H33F2N5O3. The summed E-state index contributed by atoms with van der Waals surface area (Å²) in [5.74, 6) is -0.664. The number of rotatable bonds is 7. The van der Waals surface area contributed by atoms with Gasteiger partial charge in [0, 0.05) is 19.0 Å². The highest BCUT2D eigenvalue weighted by molar-refractivity contribution is 5.78. The molecule has 0 radical (unpaired) electrons. The molecule has 10 heteroatoms. The molecular weight excluding hydrogens is 492 g/mol. The average Bonchev–Trinajstić information content (AvgIpc) is 3.20. The highest BCUT2D eigenvalue weighted by Gasteiger charge is 2.33. The summed E-state index contributed by atoms with van der Waals surface area (Å²) >= 11 is 0. The molecule has 0 bridgehead atoms. The second kappa shape index (κ2) is 11.3. The predicted molar refractivity (Wildman–Crippen MR) is 137 cm³/mol. The second-order valence-electron chi connectivity index (χ2n) is 10.6. The molecule has 0 fully saturated rings. The van der Waals surface area contributed by atoms with Gasteiger partial charge in [-0.1, -0.05) is 36.4 Å². The van der Waals surface area contributed by atoms with E-state index in [1.54, 1.807) is 25.7 Å². The van der Waals surface area contributed by atoms with Gasteiger partial charge in [0.25, 0.3) is 0 Å². The Kier molecular flexibility index (Phi) is 8.08. The van der Waals surface area contributed by atoms with E-state index in [9.17, 15) is 18.4 Å². The van der Waals surface area contributed by atoms with Crippen LogP contribution in [0.25, 0.3) is 0 Å². The first-order chi connectivity index (χ1) is 18.0. The molecule has 0 saturated carbocycles. The van der Waals surface area contributed by atoms with Crippen molar-refractivity contribution in [1.82, 2.24) is 25.0 Å². The predicted octanol–water partition coefficient (Wildman–Crippen LogP) is 4.34. The molecule has 202 valence electrons. The Morgan fingerprint density at radius 3 is 2.50 bits per heavy atom. The lowest BCUT2D eigenvalue weighted by Gasteiger charge is -2.37. The van der Waals surface area contributed by atoms with Gasteiger partial charge in [0.2, 0.25) is 5.91 Å². The van der Waals surface area contributed by atoms with Crippen molar-refractivity contribution in [2.75, 3.05) is 0 Å². The van der Waals surface area contributed by atoms with Gasteiger partial charge in [0.05, 0.1) is 12.6 Å². The summed E-state index contributed by atoms with van der Waals surface area (Å²) in [5, 5.41) is 11.2. The van der Waals surface area contributed by atoms with Crippen LogP contribution in [0.4, 0.5) is 13.6 Å². The number of amides is 2. The van der Waals surface area contributed by atoms with Crippen LogP contribution in [0.3, 0.4) is 0 Å². The summed E-state index contributed by atoms with van der Waals surface area (Å²) in [7, 11) is 0. The monoisotopic (exact) mass is 525 g/mol. The zero-order valence-corrected chi connectivity index (χ0v) is 22.1. The van der Waals surface area contributed by atoms with E-state index in [-0.39, 0.29) is 31.3 Å². The number of alkyl carbamates (subject to hydrolysis) is 1. The maximum absolute atomic E-state index is 13.9. The van der Waals surface area contributed by atoms with Gasteiger partial charge in [-0.2, -0.15) is 0 Å². The van der Waals surface area contributed by atoms with Crippen LogP contribution in [0, 0.1) is 18.6 Å². The molecule has 2 atom stereocenters. The van der Waals surface area contributed by atoms with E-state index >= 15 is 0 Å². The van der Waals surface area contributed by atoms with Crippen molar-refractivity contribution < 1.29 is 23.1 Å². The third-order valence-electron chi connectivity index (χ3n) is 6.40. The van der Waals surface area contributed by atoms with Crippen LogP contribution >= 0.6 is 0 Å². The first kappa shape index (κ1) is 27.2. The zero-order valence-electron chi connectivity index (χ0n) is 22.1. The zero-order chi connectivity index (χ0) is 27.4. The third-order valence-corrected chi connectivity index (χ3v) is 6.40. The van der Waals surface area contributed by atoms with Crippen LogP contribution in [-0.4, -0.2) is 49.3 Å². The Morgan fingerprint density at radius 2 is 1.82 bits per heavy atom. The van der Waals surface area contributed by atoms with Gasteiger partial charge in [-0.15, -0.1) is 10.2 Å². The van der Waals surface area contributed by atoms with Crippen molar-refractivity contribution in [3.8, 4) is 0 Å². The van der Waals surface area contributed by atoms with Gasteiger partial charge in [0.15, 0.2) is 17.5 Å². The summed E-state index contributed by atoms with van der Waals surface area (Å²) in [4.78, 5) is 28.1. The lowest BCUT2D eigenvalue weighted by molar-refractivity contribution is -0.136. The minimum absolute atomic E-state index is 0.0589. The number of nitrogens with one attached hydrogen (secondary N) is 1. The van der Waals surface area contributed by atoms with Crippen LogP contribution in [0.2, 0.25) is 0 Å². The Hall–Kier alpha value is -3.82. The number of carbonyl (C=O) groups is 2. The van der Waals surface area contributed by atoms with Crippen molar-refractivity contribution >= 4 is 12.0 Å². The number of aromatic nitrogens is 3. The summed E-state index contributed by atoms with van der Waals surface area (Å²) in [6, 6.07) is 12.6. The van der Waals surface area contributed by atoms with Crippen molar-refractivity contribution in [3.63, 3.8) is 0 Å². The number of ether oxygens (including phenoxy) is 1. The molecule has 1 aliphatic heterocycles. The molecule has 0 spiro atoms. The lowest BCUT2D eigenvalue weighted by atomic mass is 9.99. The van der Waals surface area contributed by atoms with E-state index in [1.807, 2.05) is 41.8 Å². The van der Waals surface area contributed by atoms with E-state index in [4.69, 9.17) is 4.74 Å². The Balaban J connectivity index is 1.56. The van der Waals surface area contributed by atoms with Crippen LogP contribution in [0.15, 0.2) is 48.5 Å². The largest absolute Gasteiger partial charge is 0.444 e. The first-order valence-electron chi connectivity index (χ1n) is 12.6. The number of aryl methyl sites for hydroxylation is 1. The molecule has 1 unspecified atom stereocenters. The summed E-state index contributed by atoms with van der Waals surface area (Å²) in [5.41, 5.74) is 0.804. The van der Waals surface area contributed by atoms with Crippen LogP contribution < -0.4 is 5.32 Å². The molecule has 3 aromatic rings. The van der Waals surface area contributed by atoms with Crippen LogP contribution in [0.5, 0.6) is 0 Å². The fourth-order valence-electron chi connectivity index (χ4n) is 4.65. The molecule has 8 nitrogen and oxygen atoms in total. The summed E-state index contributed by atoms with van der Waals surface area (Å²) in [6.45, 7) is 7.92. The quantitative estimate of drug-likeness (QED) is 0.496. The van der Waals surface area contributed by atoms with Gasteiger partial charge in [-0.05, 0) is 63.8 Å². The third kappa shape index (κ3) is 6.93. The molecule has 38 heavy (non-hydrogen) atoms. The summed E-state index contributed by atoms with van der Waals surface area (Å²) in [6.07, 6.45) is 0.00943. The van der Waals surface area contributed by atoms with Gasteiger partial charge >= 0.3 is 6.09 Å². The normalized spacial score (nSPS) is 16.1. The molecule has 2 amide bonds. The Morgan fingerprint density at radius 1 is 1.08 bits per heavy atom. The van der Waals surface area contributed by atoms with E-state index in [2.05, 4.69) is 15.5 Å². The van der Waals surface area contributed by atoms with Crippen molar-refractivity contribution in [1.29, 1.82) is 0 Å². The first-order valence-corrected chi connectivity index (χ1v) is 12.6. The van der Waals surface area contributed by atoms with Crippen molar-refractivity contribution in [2.45, 2.75) is 77.7 Å². The number of hydrogen-bond donors (Lipinski definition) is 1. The number of carbonyl (C=O) groups excluding carboxylic acids is 2. The van der Waals surface area contributed by atoms with Gasteiger partial charge in [-0.3, -0.25) is 4.79 Å². The number of benzene rings is 2. The molecule has 4 rings (SSSR count). The molecule has 1 aromatic heterocycles. The Bertz CT molecular complexity index is 1290. The standard InChI is InChI=1S/C28H33F2N5O3/c1-18-32-33-25-17-35(22(16-34(18)25)13-19-8-6-5-7-9-19)26(36)15-21(31-27(37)38-28(2,3)4)12-20-10-11-23(29)24(30)14-20/h5-11,14,21-22H,12-13,15-17H2,1-4H3,(H,31,37)/t21-,22?/m1/s1. The minimum atomic E-state index is -0.987. The number of hydrogen-bond acceptors (Lipinski definition) is 5. The fraction of sp³-hybridized carbons (Fsp3) is 0.429. The fourth-order valence-corrected chi connectivity index (χ4v) is 4.65. The molecule has 2 heterocycles. The van der Waals surface area contributed by atoms with Gasteiger partial charge in [0.1, 0.15) is 11.4 Å². The Labute approximate surface area is 221 Å². The van der Waals surface area contributed by atoms with E-state index in [0.717, 1.165) is 23.5 Å². The topological polar surface area (TPSA) is 89.4 Å². The average molecular weight is 526 g/mol. The molecule has 1 N–H and O–H groups in total. The van der Waals surface area contributed by atoms with Crippen molar-refractivity contribution in [2.24, 2.45) is 0 Å². The highest BCUT2D eigenvalue weighted by atomic mass is 19.2. The lowest BCUT2D eigenvalue weighted by Crippen LogP contribution is -2.50. The molecule has 1 aliphatic rings. The number of nitrogens with zero attached hydrogens (tertiary/aromatic N) is 4.